The first-order chi connectivity index (χ1) is 19.0. The summed E-state index contributed by atoms with van der Waals surface area (Å²) in [5.74, 6) is -2.17. The summed E-state index contributed by atoms with van der Waals surface area (Å²) in [5.41, 5.74) is 6.26. The van der Waals surface area contributed by atoms with E-state index in [-0.39, 0.29) is 28.1 Å². The van der Waals surface area contributed by atoms with Gasteiger partial charge in [-0.15, -0.1) is 0 Å². The number of hydrogen-bond donors (Lipinski definition) is 8. The van der Waals surface area contributed by atoms with E-state index in [4.69, 9.17) is 38.8 Å². The zero-order chi connectivity index (χ0) is 30.3. The number of nitrogens with two attached hydrogens (primary N) is 1. The van der Waals surface area contributed by atoms with Crippen molar-refractivity contribution in [1.82, 2.24) is 37.2 Å². The molecule has 15 nitrogen and oxygen atoms in total. The Labute approximate surface area is 257 Å². The van der Waals surface area contributed by atoms with Crippen LogP contribution in [0.3, 0.4) is 0 Å². The summed E-state index contributed by atoms with van der Waals surface area (Å²) in [6.07, 6.45) is 0.923. The first-order valence-electron chi connectivity index (χ1n) is 13.8. The summed E-state index contributed by atoms with van der Waals surface area (Å²) < 4.78 is 16.7. The van der Waals surface area contributed by atoms with Gasteiger partial charge in [-0.25, -0.2) is 0 Å². The van der Waals surface area contributed by atoms with Crippen molar-refractivity contribution in [2.75, 3.05) is 106 Å². The molecule has 3 heterocycles. The predicted octanol–water partition coefficient (Wildman–Crippen LogP) is -5.64. The molecule has 0 atom stereocenters. The van der Waals surface area contributed by atoms with Gasteiger partial charge in [0.05, 0.1) is 11.1 Å². The molecule has 2 bridgehead atoms. The van der Waals surface area contributed by atoms with Crippen molar-refractivity contribution in [1.29, 1.82) is 0 Å². The van der Waals surface area contributed by atoms with Crippen molar-refractivity contribution in [3.8, 4) is 0 Å². The Morgan fingerprint density at radius 3 is 1.32 bits per heavy atom. The summed E-state index contributed by atoms with van der Waals surface area (Å²) in [6, 6.07) is 0.784. The minimum atomic E-state index is -2.54. The SMILES string of the molecule is CC(=O)[O-].CC(=O)[O-].CO[Si](CCCNC12CNCCNCC(N)(CNCCNC1)CNCCNC2)(OC)OC.[Cu+2]. The number of carboxylic acids is 2. The van der Waals surface area contributed by atoms with Gasteiger partial charge in [-0.1, -0.05) is 0 Å². The molecule has 17 heteroatoms. The van der Waals surface area contributed by atoms with Crippen LogP contribution in [-0.4, -0.2) is 138 Å². The van der Waals surface area contributed by atoms with Gasteiger partial charge >= 0.3 is 25.9 Å². The van der Waals surface area contributed by atoms with E-state index in [1.165, 1.54) is 0 Å². The Kier molecular flexibility index (Phi) is 25.5. The Bertz CT molecular complexity index is 612. The normalized spacial score (nSPS) is 24.6. The van der Waals surface area contributed by atoms with Crippen molar-refractivity contribution in [2.24, 2.45) is 5.73 Å². The molecule has 3 aliphatic rings. The molecule has 0 aliphatic carbocycles. The summed E-state index contributed by atoms with van der Waals surface area (Å²) in [7, 11) is 2.47. The van der Waals surface area contributed by atoms with Crippen LogP contribution in [0.5, 0.6) is 0 Å². The predicted molar refractivity (Wildman–Crippen MR) is 152 cm³/mol. The van der Waals surface area contributed by atoms with Crippen molar-refractivity contribution in [2.45, 2.75) is 37.4 Å². The molecular formula is C24H54CuN8O7Si. The number of aliphatic carboxylic acids is 2. The van der Waals surface area contributed by atoms with E-state index in [2.05, 4.69) is 37.2 Å². The van der Waals surface area contributed by atoms with Crippen LogP contribution in [0.4, 0.5) is 0 Å². The minimum absolute atomic E-state index is 0. The van der Waals surface area contributed by atoms with Gasteiger partial charge in [0.1, 0.15) is 0 Å². The first-order valence-corrected chi connectivity index (χ1v) is 15.7. The number of carbonyl (C=O) groups excluding carboxylic acids is 2. The van der Waals surface area contributed by atoms with E-state index >= 15 is 0 Å². The van der Waals surface area contributed by atoms with E-state index in [0.717, 1.165) is 111 Å². The number of fused-ring (bicyclic) bond motifs is 15. The molecule has 0 amide bonds. The maximum Gasteiger partial charge on any atom is 2.00 e. The van der Waals surface area contributed by atoms with Crippen LogP contribution in [0.1, 0.15) is 20.3 Å². The van der Waals surface area contributed by atoms with E-state index < -0.39 is 20.7 Å². The molecule has 3 rings (SSSR count). The van der Waals surface area contributed by atoms with Crippen molar-refractivity contribution in [3.05, 3.63) is 0 Å². The van der Waals surface area contributed by atoms with E-state index in [1.54, 1.807) is 21.3 Å². The van der Waals surface area contributed by atoms with Crippen LogP contribution >= 0.6 is 0 Å². The molecule has 0 aromatic heterocycles. The van der Waals surface area contributed by atoms with Crippen molar-refractivity contribution in [3.63, 3.8) is 0 Å². The standard InChI is InChI=1S/C20H48N8O3Si.2C2H4O2.Cu/c1-29-32(30-2,31-3)12-4-5-28-20-16-25-9-6-22-13-19(21,14-23-7-10-26-17-20)15-24-8-11-27-18-20;2*1-2(3)4;/h22-28H,4-18,21H2,1-3H3;2*1H3,(H,3,4);/q;;;+2/p-2. The monoisotopic (exact) mass is 657 g/mol. The maximum atomic E-state index is 8.89. The number of carboxylic acid groups (broad SMARTS) is 2. The average molecular weight is 658 g/mol. The van der Waals surface area contributed by atoms with Crippen molar-refractivity contribution < 1.29 is 50.1 Å². The zero-order valence-corrected chi connectivity index (χ0v) is 27.3. The molecule has 0 saturated carbocycles. The summed E-state index contributed by atoms with van der Waals surface area (Å²) >= 11 is 0. The van der Waals surface area contributed by atoms with Gasteiger partial charge in [0.25, 0.3) is 0 Å². The summed E-state index contributed by atoms with van der Waals surface area (Å²) in [6.45, 7) is 13.1. The van der Waals surface area contributed by atoms with Gasteiger partial charge in [-0.3, -0.25) is 0 Å². The second-order valence-corrected chi connectivity index (χ2v) is 13.1. The molecule has 0 aromatic carbocycles. The van der Waals surface area contributed by atoms with Crippen LogP contribution in [0, 0.1) is 0 Å². The molecule has 3 saturated heterocycles. The van der Waals surface area contributed by atoms with Crippen LogP contribution in [0.2, 0.25) is 6.04 Å². The maximum absolute atomic E-state index is 8.89. The first kappa shape index (κ1) is 42.4. The second kappa shape index (κ2) is 24.7. The minimum Gasteiger partial charge on any atom is -0.550 e. The Morgan fingerprint density at radius 2 is 1.02 bits per heavy atom. The molecule has 0 aromatic rings. The van der Waals surface area contributed by atoms with Gasteiger partial charge < -0.3 is 76.0 Å². The number of hydrogen-bond acceptors (Lipinski definition) is 15. The van der Waals surface area contributed by atoms with Gasteiger partial charge in [-0.05, 0) is 26.8 Å². The van der Waals surface area contributed by atoms with Gasteiger partial charge in [0.2, 0.25) is 0 Å². The zero-order valence-electron chi connectivity index (χ0n) is 25.3. The number of rotatable bonds is 8. The Hall–Kier alpha value is -0.764. The quantitative estimate of drug-likeness (QED) is 0.0901. The number of carbonyl (C=O) groups is 2. The van der Waals surface area contributed by atoms with Gasteiger partial charge in [-0.2, -0.15) is 0 Å². The molecule has 9 N–H and O–H groups in total. The largest absolute Gasteiger partial charge is 2.00 e. The number of nitrogens with one attached hydrogen (secondary N) is 7. The van der Waals surface area contributed by atoms with E-state index in [0.29, 0.717) is 0 Å². The molecule has 0 spiro atoms. The summed E-state index contributed by atoms with van der Waals surface area (Å²) in [5, 5.41) is 43.2. The molecule has 3 fully saturated rings. The molecule has 247 valence electrons. The second-order valence-electron chi connectivity index (χ2n) is 10.0. The van der Waals surface area contributed by atoms with Gasteiger partial charge in [0.15, 0.2) is 0 Å². The molecule has 0 unspecified atom stereocenters. The third kappa shape index (κ3) is 21.6. The van der Waals surface area contributed by atoms with E-state index in [1.807, 2.05) is 0 Å². The fourth-order valence-corrected chi connectivity index (χ4v) is 6.02. The Morgan fingerprint density at radius 1 is 0.732 bits per heavy atom. The van der Waals surface area contributed by atoms with E-state index in [9.17, 15) is 0 Å². The average Bonchev–Trinajstić information content (AvgIpc) is 2.89. The third-order valence-electron chi connectivity index (χ3n) is 6.35. The molecule has 41 heavy (non-hydrogen) atoms. The van der Waals surface area contributed by atoms with Crippen LogP contribution in [-0.2, 0) is 39.9 Å². The molecule has 1 radical (unpaired) electrons. The van der Waals surface area contributed by atoms with Crippen LogP contribution in [0.25, 0.3) is 0 Å². The summed E-state index contributed by atoms with van der Waals surface area (Å²) in [4.78, 5) is 17.8. The van der Waals surface area contributed by atoms with Crippen molar-refractivity contribution >= 4 is 20.7 Å². The van der Waals surface area contributed by atoms with Crippen LogP contribution in [0.15, 0.2) is 0 Å². The fraction of sp³-hybridized carbons (Fsp3) is 0.917. The Balaban J connectivity index is 0. The topological polar surface area (TPSA) is 218 Å². The molecular weight excluding hydrogens is 604 g/mol. The third-order valence-corrected chi connectivity index (χ3v) is 9.18. The molecule has 3 aliphatic heterocycles. The van der Waals surface area contributed by atoms with Crippen LogP contribution < -0.4 is 53.2 Å². The smallest absolute Gasteiger partial charge is 0.550 e. The van der Waals surface area contributed by atoms with Gasteiger partial charge in [0, 0.05) is 118 Å². The fourth-order valence-electron chi connectivity index (χ4n) is 4.30.